The molecule has 0 spiro atoms. The van der Waals surface area contributed by atoms with Gasteiger partial charge in [0.05, 0.1) is 22.4 Å². The largest absolute Gasteiger partial charge is 0.485 e. The number of halogens is 1. The van der Waals surface area contributed by atoms with Crippen LogP contribution in [-0.2, 0) is 6.61 Å². The lowest BCUT2D eigenvalue weighted by Crippen LogP contribution is -2.18. The Hall–Kier alpha value is -3.64. The molecular weight excluding hydrogens is 438 g/mol. The molecule has 6 nitrogen and oxygen atoms in total. The molecule has 33 heavy (non-hydrogen) atoms. The summed E-state index contributed by atoms with van der Waals surface area (Å²) in [5.41, 5.74) is 2.77. The van der Waals surface area contributed by atoms with E-state index in [1.54, 1.807) is 42.9 Å². The number of aromatic nitrogens is 2. The maximum Gasteiger partial charge on any atom is 0.347 e. The number of fused-ring (bicyclic) bond motifs is 1. The Balaban J connectivity index is 1.41. The van der Waals surface area contributed by atoms with Gasteiger partial charge in [-0.3, -0.25) is 9.97 Å². The molecule has 1 saturated heterocycles. The van der Waals surface area contributed by atoms with E-state index < -0.39 is 5.97 Å². The van der Waals surface area contributed by atoms with Gasteiger partial charge in [0.25, 0.3) is 0 Å². The molecule has 7 heteroatoms. The Morgan fingerprint density at radius 2 is 1.76 bits per heavy atom. The highest BCUT2D eigenvalue weighted by atomic mass is 35.5. The molecule has 4 aromatic rings. The van der Waals surface area contributed by atoms with Crippen LogP contribution in [0.15, 0.2) is 73.2 Å². The number of esters is 1. The zero-order valence-corrected chi connectivity index (χ0v) is 18.7. The van der Waals surface area contributed by atoms with E-state index in [2.05, 4.69) is 14.9 Å². The highest BCUT2D eigenvalue weighted by Gasteiger charge is 2.21. The number of benzene rings is 2. The molecule has 0 atom stereocenters. The van der Waals surface area contributed by atoms with Crippen LogP contribution in [0.5, 0.6) is 11.5 Å². The number of pyridine rings is 2. The summed E-state index contributed by atoms with van der Waals surface area (Å²) in [6, 6.07) is 16.4. The van der Waals surface area contributed by atoms with E-state index in [1.165, 1.54) is 12.8 Å². The van der Waals surface area contributed by atoms with E-state index in [9.17, 15) is 4.79 Å². The Bertz CT molecular complexity index is 1290. The summed E-state index contributed by atoms with van der Waals surface area (Å²) in [6.45, 7) is 2.37. The van der Waals surface area contributed by atoms with Crippen molar-refractivity contribution >= 4 is 34.2 Å². The molecule has 0 radical (unpaired) electrons. The molecule has 0 saturated carbocycles. The highest BCUT2D eigenvalue weighted by Crippen LogP contribution is 2.32. The average molecular weight is 460 g/mol. The van der Waals surface area contributed by atoms with Crippen molar-refractivity contribution in [3.63, 3.8) is 0 Å². The van der Waals surface area contributed by atoms with Gasteiger partial charge in [-0.2, -0.15) is 0 Å². The van der Waals surface area contributed by atoms with Crippen LogP contribution >= 0.6 is 11.6 Å². The summed E-state index contributed by atoms with van der Waals surface area (Å²) >= 11 is 6.42. The third-order valence-electron chi connectivity index (χ3n) is 5.66. The van der Waals surface area contributed by atoms with Gasteiger partial charge in [-0.25, -0.2) is 4.79 Å². The van der Waals surface area contributed by atoms with E-state index in [0.717, 1.165) is 29.7 Å². The maximum absolute atomic E-state index is 13.2. The smallest absolute Gasteiger partial charge is 0.347 e. The maximum atomic E-state index is 13.2. The van der Waals surface area contributed by atoms with Gasteiger partial charge >= 0.3 is 5.97 Å². The lowest BCUT2D eigenvalue weighted by Gasteiger charge is -2.18. The third-order valence-corrected chi connectivity index (χ3v) is 5.97. The lowest BCUT2D eigenvalue weighted by atomic mass is 10.1. The number of ether oxygens (including phenoxy) is 2. The zero-order chi connectivity index (χ0) is 22.6. The van der Waals surface area contributed by atoms with Crippen LogP contribution in [0.2, 0.25) is 5.02 Å². The van der Waals surface area contributed by atoms with E-state index in [4.69, 9.17) is 21.1 Å². The van der Waals surface area contributed by atoms with Crippen LogP contribution in [0.1, 0.15) is 28.8 Å². The Labute approximate surface area is 196 Å². The fraction of sp³-hybridized carbons (Fsp3) is 0.192. The summed E-state index contributed by atoms with van der Waals surface area (Å²) in [4.78, 5) is 24.1. The Morgan fingerprint density at radius 1 is 1.00 bits per heavy atom. The van der Waals surface area contributed by atoms with Crippen LogP contribution in [0.3, 0.4) is 0 Å². The summed E-state index contributed by atoms with van der Waals surface area (Å²) in [7, 11) is 0. The molecular formula is C26H22ClN3O3. The molecule has 1 aliphatic rings. The average Bonchev–Trinajstić information content (AvgIpc) is 3.39. The van der Waals surface area contributed by atoms with Gasteiger partial charge in [-0.1, -0.05) is 29.8 Å². The van der Waals surface area contributed by atoms with Gasteiger partial charge in [0.2, 0.25) is 0 Å². The van der Waals surface area contributed by atoms with Crippen molar-refractivity contribution in [1.29, 1.82) is 0 Å². The normalized spacial score (nSPS) is 13.3. The molecule has 1 aliphatic heterocycles. The van der Waals surface area contributed by atoms with E-state index in [-0.39, 0.29) is 5.56 Å². The number of anilines is 1. The second-order valence-corrected chi connectivity index (χ2v) is 8.27. The molecule has 0 aliphatic carbocycles. The van der Waals surface area contributed by atoms with Crippen molar-refractivity contribution in [2.45, 2.75) is 19.4 Å². The van der Waals surface area contributed by atoms with Gasteiger partial charge in [-0.05, 0) is 54.8 Å². The molecule has 3 heterocycles. The molecule has 2 aromatic heterocycles. The molecule has 0 bridgehead atoms. The van der Waals surface area contributed by atoms with Crippen molar-refractivity contribution < 1.29 is 14.3 Å². The number of nitrogens with zero attached hydrogens (tertiary/aromatic N) is 3. The van der Waals surface area contributed by atoms with E-state index in [0.29, 0.717) is 28.6 Å². The van der Waals surface area contributed by atoms with Crippen molar-refractivity contribution in [2.24, 2.45) is 0 Å². The fourth-order valence-corrected chi connectivity index (χ4v) is 4.18. The zero-order valence-electron chi connectivity index (χ0n) is 17.9. The minimum Gasteiger partial charge on any atom is -0.485 e. The standard InChI is InChI=1S/C26H22ClN3O3/c27-21-8-7-19-15-20(30-13-3-4-14-30)16-29-25(19)24(21)26(31)33-23-6-2-1-5-22(23)32-17-18-9-11-28-12-10-18/h1-2,5-12,15-16H,3-4,13-14,17H2. The third kappa shape index (κ3) is 4.61. The van der Waals surface area contributed by atoms with Gasteiger partial charge < -0.3 is 14.4 Å². The Kier molecular flexibility index (Phi) is 6.09. The predicted octanol–water partition coefficient (Wildman–Crippen LogP) is 5.68. The van der Waals surface area contributed by atoms with Gasteiger partial charge in [0.15, 0.2) is 11.5 Å². The SMILES string of the molecule is O=C(Oc1ccccc1OCc1ccncc1)c1c(Cl)ccc2cc(N3CCCC3)cnc12. The monoisotopic (exact) mass is 459 g/mol. The van der Waals surface area contributed by atoms with Crippen molar-refractivity contribution in [1.82, 2.24) is 9.97 Å². The van der Waals surface area contributed by atoms with Crippen molar-refractivity contribution in [3.8, 4) is 11.5 Å². The summed E-state index contributed by atoms with van der Waals surface area (Å²) in [5, 5.41) is 1.14. The summed E-state index contributed by atoms with van der Waals surface area (Å²) in [6.07, 6.45) is 7.56. The van der Waals surface area contributed by atoms with Gasteiger partial charge in [-0.15, -0.1) is 0 Å². The quantitative estimate of drug-likeness (QED) is 0.273. The van der Waals surface area contributed by atoms with Gasteiger partial charge in [0.1, 0.15) is 12.2 Å². The number of carbonyl (C=O) groups is 1. The first-order chi connectivity index (χ1) is 16.2. The molecule has 0 unspecified atom stereocenters. The number of carbonyl (C=O) groups excluding carboxylic acids is 1. The number of para-hydroxylation sites is 2. The van der Waals surface area contributed by atoms with E-state index >= 15 is 0 Å². The number of hydrogen-bond acceptors (Lipinski definition) is 6. The van der Waals surface area contributed by atoms with Gasteiger partial charge in [0, 0.05) is 30.9 Å². The molecule has 166 valence electrons. The fourth-order valence-electron chi connectivity index (χ4n) is 3.95. The van der Waals surface area contributed by atoms with Crippen LogP contribution in [0.4, 0.5) is 5.69 Å². The molecule has 2 aromatic carbocycles. The topological polar surface area (TPSA) is 64.6 Å². The number of rotatable bonds is 6. The predicted molar refractivity (Wildman–Crippen MR) is 128 cm³/mol. The van der Waals surface area contributed by atoms with Crippen LogP contribution in [0, 0.1) is 0 Å². The first-order valence-electron chi connectivity index (χ1n) is 10.9. The van der Waals surface area contributed by atoms with Crippen molar-refractivity contribution in [2.75, 3.05) is 18.0 Å². The molecule has 1 fully saturated rings. The highest BCUT2D eigenvalue weighted by molar-refractivity contribution is 6.35. The summed E-state index contributed by atoms with van der Waals surface area (Å²) in [5.74, 6) is 0.202. The second-order valence-electron chi connectivity index (χ2n) is 7.86. The molecule has 0 N–H and O–H groups in total. The van der Waals surface area contributed by atoms with Crippen LogP contribution in [-0.4, -0.2) is 29.0 Å². The first-order valence-corrected chi connectivity index (χ1v) is 11.2. The first kappa shape index (κ1) is 21.2. The summed E-state index contributed by atoms with van der Waals surface area (Å²) < 4.78 is 11.6. The minimum absolute atomic E-state index is 0.242. The lowest BCUT2D eigenvalue weighted by molar-refractivity contribution is 0.0729. The Morgan fingerprint density at radius 3 is 2.55 bits per heavy atom. The molecule has 5 rings (SSSR count). The minimum atomic E-state index is -0.577. The van der Waals surface area contributed by atoms with Crippen LogP contribution < -0.4 is 14.4 Å². The number of hydrogen-bond donors (Lipinski definition) is 0. The van der Waals surface area contributed by atoms with Crippen molar-refractivity contribution in [3.05, 3.63) is 89.3 Å². The van der Waals surface area contributed by atoms with Crippen LogP contribution in [0.25, 0.3) is 10.9 Å². The second kappa shape index (κ2) is 9.46. The van der Waals surface area contributed by atoms with E-state index in [1.807, 2.05) is 30.3 Å². The molecule has 0 amide bonds.